The maximum absolute atomic E-state index is 12.9. The highest BCUT2D eigenvalue weighted by Crippen LogP contribution is 2.31. The fraction of sp³-hybridized carbons (Fsp3) is 0.292. The number of benzene rings is 2. The number of nitrogens with one attached hydrogen (secondary N) is 2. The lowest BCUT2D eigenvalue weighted by molar-refractivity contribution is 0.0932. The molecule has 4 aromatic rings. The van der Waals surface area contributed by atoms with E-state index in [1.54, 1.807) is 33.5 Å². The molecule has 0 aliphatic heterocycles. The molecule has 2 aromatic heterocycles. The topological polar surface area (TPSA) is 103 Å². The lowest BCUT2D eigenvalue weighted by Gasteiger charge is -2.15. The van der Waals surface area contributed by atoms with Crippen LogP contribution in [0.25, 0.3) is 22.3 Å². The molecule has 9 nitrogen and oxygen atoms in total. The molecule has 9 heteroatoms. The van der Waals surface area contributed by atoms with Crippen molar-refractivity contribution < 1.29 is 19.0 Å². The van der Waals surface area contributed by atoms with Crippen molar-refractivity contribution in [2.75, 3.05) is 27.9 Å². The number of hydrogen-bond donors (Lipinski definition) is 2. The molecule has 0 unspecified atom stereocenters. The lowest BCUT2D eigenvalue weighted by Crippen LogP contribution is -2.29. The first-order chi connectivity index (χ1) is 16.0. The first-order valence-electron chi connectivity index (χ1n) is 10.6. The van der Waals surface area contributed by atoms with Crippen molar-refractivity contribution in [1.82, 2.24) is 25.1 Å². The van der Waals surface area contributed by atoms with Crippen molar-refractivity contribution in [3.63, 3.8) is 0 Å². The number of carbonyl (C=O) groups is 1. The summed E-state index contributed by atoms with van der Waals surface area (Å²) in [6, 6.07) is 14.8. The van der Waals surface area contributed by atoms with Crippen molar-refractivity contribution in [3.8, 4) is 22.8 Å². The largest absolute Gasteiger partial charge is 0.493 e. The Bertz CT molecular complexity index is 1260. The summed E-state index contributed by atoms with van der Waals surface area (Å²) in [4.78, 5) is 17.7. The van der Waals surface area contributed by atoms with E-state index in [0.29, 0.717) is 36.0 Å². The van der Waals surface area contributed by atoms with Crippen LogP contribution in [0.1, 0.15) is 29.3 Å². The number of rotatable bonds is 9. The van der Waals surface area contributed by atoms with Gasteiger partial charge < -0.3 is 24.1 Å². The van der Waals surface area contributed by atoms with Crippen LogP contribution in [-0.4, -0.2) is 53.6 Å². The van der Waals surface area contributed by atoms with Crippen LogP contribution in [0, 0.1) is 0 Å². The van der Waals surface area contributed by atoms with Gasteiger partial charge in [-0.1, -0.05) is 12.1 Å². The summed E-state index contributed by atoms with van der Waals surface area (Å²) in [7, 11) is 4.82. The molecule has 33 heavy (non-hydrogen) atoms. The van der Waals surface area contributed by atoms with Gasteiger partial charge in [-0.2, -0.15) is 5.10 Å². The summed E-state index contributed by atoms with van der Waals surface area (Å²) < 4.78 is 18.0. The molecule has 0 aliphatic rings. The molecule has 0 bridgehead atoms. The third kappa shape index (κ3) is 4.54. The number of aromatic amines is 1. The highest BCUT2D eigenvalue weighted by molar-refractivity contribution is 5.93. The fourth-order valence-electron chi connectivity index (χ4n) is 3.76. The van der Waals surface area contributed by atoms with Gasteiger partial charge in [0, 0.05) is 19.2 Å². The molecule has 172 valence electrons. The van der Waals surface area contributed by atoms with E-state index in [4.69, 9.17) is 19.2 Å². The van der Waals surface area contributed by atoms with E-state index in [2.05, 4.69) is 20.1 Å². The molecule has 0 radical (unpaired) electrons. The van der Waals surface area contributed by atoms with Crippen LogP contribution < -0.4 is 14.8 Å². The molecule has 2 heterocycles. The van der Waals surface area contributed by atoms with Crippen molar-refractivity contribution in [3.05, 3.63) is 60.0 Å². The van der Waals surface area contributed by atoms with Gasteiger partial charge in [0.2, 0.25) is 0 Å². The number of imidazole rings is 1. The van der Waals surface area contributed by atoms with Gasteiger partial charge in [-0.25, -0.2) is 4.98 Å². The second-order valence-corrected chi connectivity index (χ2v) is 7.53. The molecule has 0 spiro atoms. The minimum absolute atomic E-state index is 0.271. The summed E-state index contributed by atoms with van der Waals surface area (Å²) in [5, 5.41) is 10.1. The number of H-pyrrole nitrogens is 1. The molecule has 0 saturated carbocycles. The van der Waals surface area contributed by atoms with Crippen molar-refractivity contribution in [1.29, 1.82) is 0 Å². The molecule has 2 aromatic carbocycles. The van der Waals surface area contributed by atoms with E-state index >= 15 is 0 Å². The van der Waals surface area contributed by atoms with Gasteiger partial charge >= 0.3 is 0 Å². The zero-order valence-corrected chi connectivity index (χ0v) is 19.1. The van der Waals surface area contributed by atoms with Crippen molar-refractivity contribution in [2.24, 2.45) is 0 Å². The van der Waals surface area contributed by atoms with Crippen LogP contribution in [0.5, 0.6) is 11.5 Å². The standard InChI is InChI=1S/C24H27N5O4/c1-15(23-26-17-7-5-6-8-20(17)29(23)11-12-31-2)25-24(30)19-14-18(27-28-19)16-9-10-21(32-3)22(13-16)33-4/h5-10,13-15H,11-12H2,1-4H3,(H,25,30)(H,27,28)/t15-/m1/s1. The van der Waals surface area contributed by atoms with E-state index in [9.17, 15) is 4.79 Å². The zero-order chi connectivity index (χ0) is 23.4. The normalized spacial score (nSPS) is 12.0. The highest BCUT2D eigenvalue weighted by atomic mass is 16.5. The summed E-state index contributed by atoms with van der Waals surface area (Å²) in [6.45, 7) is 3.09. The molecule has 0 aliphatic carbocycles. The molecule has 4 rings (SSSR count). The highest BCUT2D eigenvalue weighted by Gasteiger charge is 2.20. The number of para-hydroxylation sites is 2. The van der Waals surface area contributed by atoms with E-state index in [0.717, 1.165) is 22.4 Å². The van der Waals surface area contributed by atoms with Crippen LogP contribution in [0.4, 0.5) is 0 Å². The minimum Gasteiger partial charge on any atom is -0.493 e. The maximum Gasteiger partial charge on any atom is 0.269 e. The van der Waals surface area contributed by atoms with Gasteiger partial charge in [0.1, 0.15) is 11.5 Å². The average Bonchev–Trinajstić information content (AvgIpc) is 3.48. The number of amides is 1. The maximum atomic E-state index is 12.9. The molecular formula is C24H27N5O4. The summed E-state index contributed by atoms with van der Waals surface area (Å²) in [5.41, 5.74) is 3.66. The Morgan fingerprint density at radius 1 is 1.09 bits per heavy atom. The van der Waals surface area contributed by atoms with Crippen LogP contribution >= 0.6 is 0 Å². The smallest absolute Gasteiger partial charge is 0.269 e. The van der Waals surface area contributed by atoms with Crippen LogP contribution in [0.15, 0.2) is 48.5 Å². The fourth-order valence-corrected chi connectivity index (χ4v) is 3.76. The number of methoxy groups -OCH3 is 3. The van der Waals surface area contributed by atoms with Gasteiger partial charge in [0.15, 0.2) is 11.5 Å². The van der Waals surface area contributed by atoms with Gasteiger partial charge in [-0.3, -0.25) is 9.89 Å². The Morgan fingerprint density at radius 2 is 1.88 bits per heavy atom. The molecule has 1 atom stereocenters. The van der Waals surface area contributed by atoms with Gasteiger partial charge in [-0.15, -0.1) is 0 Å². The molecule has 0 saturated heterocycles. The monoisotopic (exact) mass is 449 g/mol. The summed E-state index contributed by atoms with van der Waals surface area (Å²) in [5.74, 6) is 1.71. The SMILES string of the molecule is COCCn1c([C@@H](C)NC(=O)c2cc(-c3ccc(OC)c(OC)c3)n[nH]2)nc2ccccc21. The summed E-state index contributed by atoms with van der Waals surface area (Å²) >= 11 is 0. The quantitative estimate of drug-likeness (QED) is 0.405. The predicted molar refractivity (Wildman–Crippen MR) is 125 cm³/mol. The van der Waals surface area contributed by atoms with Gasteiger partial charge in [0.05, 0.1) is 43.6 Å². The number of ether oxygens (including phenoxy) is 3. The predicted octanol–water partition coefficient (Wildman–Crippen LogP) is 3.58. The third-order valence-electron chi connectivity index (χ3n) is 5.44. The van der Waals surface area contributed by atoms with Crippen LogP contribution in [0.3, 0.4) is 0 Å². The Morgan fingerprint density at radius 3 is 2.64 bits per heavy atom. The van der Waals surface area contributed by atoms with E-state index in [1.807, 2.05) is 43.3 Å². The minimum atomic E-state index is -0.324. The second-order valence-electron chi connectivity index (χ2n) is 7.53. The molecule has 1 amide bonds. The molecule has 2 N–H and O–H groups in total. The first kappa shape index (κ1) is 22.3. The third-order valence-corrected chi connectivity index (χ3v) is 5.44. The number of fused-ring (bicyclic) bond motifs is 1. The van der Waals surface area contributed by atoms with Crippen molar-refractivity contribution in [2.45, 2.75) is 19.5 Å². The molecule has 0 fully saturated rings. The summed E-state index contributed by atoms with van der Waals surface area (Å²) in [6.07, 6.45) is 0. The number of carbonyl (C=O) groups excluding carboxylic acids is 1. The Hall–Kier alpha value is -3.85. The number of aromatic nitrogens is 4. The number of hydrogen-bond acceptors (Lipinski definition) is 6. The second kappa shape index (κ2) is 9.74. The van der Waals surface area contributed by atoms with Crippen LogP contribution in [-0.2, 0) is 11.3 Å². The number of nitrogens with zero attached hydrogens (tertiary/aromatic N) is 3. The first-order valence-corrected chi connectivity index (χ1v) is 10.6. The lowest BCUT2D eigenvalue weighted by atomic mass is 10.1. The Balaban J connectivity index is 1.54. The zero-order valence-electron chi connectivity index (χ0n) is 19.1. The van der Waals surface area contributed by atoms with Crippen LogP contribution in [0.2, 0.25) is 0 Å². The Kier molecular flexibility index (Phi) is 6.60. The van der Waals surface area contributed by atoms with E-state index < -0.39 is 0 Å². The molecular weight excluding hydrogens is 422 g/mol. The Labute approximate surface area is 191 Å². The van der Waals surface area contributed by atoms with Gasteiger partial charge in [-0.05, 0) is 43.3 Å². The van der Waals surface area contributed by atoms with E-state index in [-0.39, 0.29) is 11.9 Å². The average molecular weight is 450 g/mol. The van der Waals surface area contributed by atoms with Gasteiger partial charge in [0.25, 0.3) is 5.91 Å². The van der Waals surface area contributed by atoms with E-state index in [1.165, 1.54) is 0 Å². The van der Waals surface area contributed by atoms with Crippen molar-refractivity contribution >= 4 is 16.9 Å².